The van der Waals surface area contributed by atoms with Crippen LogP contribution in [0.3, 0.4) is 0 Å². The molecule has 0 radical (unpaired) electrons. The average Bonchev–Trinajstić information content (AvgIpc) is 2.33. The third-order valence-corrected chi connectivity index (χ3v) is 4.02. The molecule has 0 fully saturated rings. The SMILES string of the molecule is CCCCC(C)(CC)C(=O)CCC(C)(C)OCC. The fourth-order valence-electron chi connectivity index (χ4n) is 2.26. The normalized spacial score (nSPS) is 15.4. The molecule has 0 aromatic rings. The lowest BCUT2D eigenvalue weighted by molar-refractivity contribution is -0.130. The lowest BCUT2D eigenvalue weighted by Crippen LogP contribution is -2.31. The zero-order chi connectivity index (χ0) is 14.2. The summed E-state index contributed by atoms with van der Waals surface area (Å²) in [6.45, 7) is 13.3. The maximum absolute atomic E-state index is 12.4. The van der Waals surface area contributed by atoms with Crippen molar-refractivity contribution in [1.82, 2.24) is 0 Å². The molecule has 0 aliphatic carbocycles. The lowest BCUT2D eigenvalue weighted by atomic mass is 9.76. The minimum Gasteiger partial charge on any atom is -0.376 e. The van der Waals surface area contributed by atoms with E-state index in [1.165, 1.54) is 0 Å². The van der Waals surface area contributed by atoms with E-state index in [2.05, 4.69) is 34.6 Å². The summed E-state index contributed by atoms with van der Waals surface area (Å²) < 4.78 is 5.65. The molecule has 18 heavy (non-hydrogen) atoms. The Morgan fingerprint density at radius 3 is 2.11 bits per heavy atom. The second kappa shape index (κ2) is 7.93. The predicted molar refractivity (Wildman–Crippen MR) is 77.9 cm³/mol. The molecule has 0 heterocycles. The van der Waals surface area contributed by atoms with Gasteiger partial charge in [0.2, 0.25) is 0 Å². The molecule has 2 heteroatoms. The summed E-state index contributed by atoms with van der Waals surface area (Å²) in [5, 5.41) is 0. The molecule has 0 rings (SSSR count). The number of carbonyl (C=O) groups excluding carboxylic acids is 1. The van der Waals surface area contributed by atoms with Crippen LogP contribution >= 0.6 is 0 Å². The third-order valence-electron chi connectivity index (χ3n) is 4.02. The minimum atomic E-state index is -0.177. The van der Waals surface area contributed by atoms with E-state index in [4.69, 9.17) is 4.74 Å². The van der Waals surface area contributed by atoms with Crippen molar-refractivity contribution in [2.75, 3.05) is 6.61 Å². The molecule has 0 amide bonds. The van der Waals surface area contributed by atoms with Crippen molar-refractivity contribution in [3.63, 3.8) is 0 Å². The van der Waals surface area contributed by atoms with Gasteiger partial charge in [-0.3, -0.25) is 4.79 Å². The van der Waals surface area contributed by atoms with E-state index < -0.39 is 0 Å². The Labute approximate surface area is 113 Å². The Bertz CT molecular complexity index is 245. The highest BCUT2D eigenvalue weighted by Gasteiger charge is 2.31. The van der Waals surface area contributed by atoms with Gasteiger partial charge in [0.1, 0.15) is 5.78 Å². The van der Waals surface area contributed by atoms with Gasteiger partial charge in [-0.2, -0.15) is 0 Å². The van der Waals surface area contributed by atoms with Crippen LogP contribution in [0.25, 0.3) is 0 Å². The number of rotatable bonds is 10. The maximum Gasteiger partial charge on any atom is 0.138 e. The zero-order valence-corrected chi connectivity index (χ0v) is 13.3. The van der Waals surface area contributed by atoms with E-state index in [1.54, 1.807) is 0 Å². The van der Waals surface area contributed by atoms with Gasteiger partial charge < -0.3 is 4.74 Å². The molecule has 0 N–H and O–H groups in total. The number of hydrogen-bond donors (Lipinski definition) is 0. The highest BCUT2D eigenvalue weighted by atomic mass is 16.5. The van der Waals surface area contributed by atoms with Crippen molar-refractivity contribution in [3.8, 4) is 0 Å². The summed E-state index contributed by atoms with van der Waals surface area (Å²) in [5.41, 5.74) is -0.303. The fraction of sp³-hybridized carbons (Fsp3) is 0.938. The number of ketones is 1. The van der Waals surface area contributed by atoms with Crippen molar-refractivity contribution < 1.29 is 9.53 Å². The van der Waals surface area contributed by atoms with Gasteiger partial charge in [0, 0.05) is 18.4 Å². The van der Waals surface area contributed by atoms with Crippen molar-refractivity contribution in [2.24, 2.45) is 5.41 Å². The first-order valence-electron chi connectivity index (χ1n) is 7.48. The molecular formula is C16H32O2. The Balaban J connectivity index is 4.36. The number of hydrogen-bond acceptors (Lipinski definition) is 2. The smallest absolute Gasteiger partial charge is 0.138 e. The first-order chi connectivity index (χ1) is 8.31. The molecule has 0 saturated carbocycles. The Morgan fingerprint density at radius 2 is 1.67 bits per heavy atom. The van der Waals surface area contributed by atoms with E-state index in [0.717, 1.165) is 32.1 Å². The molecule has 0 spiro atoms. The van der Waals surface area contributed by atoms with E-state index in [-0.39, 0.29) is 11.0 Å². The summed E-state index contributed by atoms with van der Waals surface area (Å²) in [6, 6.07) is 0. The number of ether oxygens (including phenoxy) is 1. The maximum atomic E-state index is 12.4. The first kappa shape index (κ1) is 17.6. The first-order valence-corrected chi connectivity index (χ1v) is 7.48. The summed E-state index contributed by atoms with van der Waals surface area (Å²) >= 11 is 0. The molecular weight excluding hydrogens is 224 g/mol. The molecule has 2 nitrogen and oxygen atoms in total. The molecule has 0 aromatic carbocycles. The third kappa shape index (κ3) is 5.99. The molecule has 0 aliphatic rings. The fourth-order valence-corrected chi connectivity index (χ4v) is 2.26. The van der Waals surface area contributed by atoms with Crippen LogP contribution in [0.4, 0.5) is 0 Å². The molecule has 1 unspecified atom stereocenters. The number of unbranched alkanes of at least 4 members (excludes halogenated alkanes) is 1. The van der Waals surface area contributed by atoms with Crippen LogP contribution in [-0.2, 0) is 9.53 Å². The van der Waals surface area contributed by atoms with Gasteiger partial charge in [-0.15, -0.1) is 0 Å². The van der Waals surface area contributed by atoms with Gasteiger partial charge in [-0.1, -0.05) is 33.6 Å². The Kier molecular flexibility index (Phi) is 7.77. The van der Waals surface area contributed by atoms with E-state index >= 15 is 0 Å². The van der Waals surface area contributed by atoms with E-state index in [1.807, 2.05) is 6.92 Å². The van der Waals surface area contributed by atoms with Crippen LogP contribution in [0.1, 0.15) is 80.1 Å². The molecule has 0 bridgehead atoms. The number of Topliss-reactive ketones (excluding diaryl/α,β-unsaturated/α-hetero) is 1. The lowest BCUT2D eigenvalue weighted by Gasteiger charge is -2.29. The van der Waals surface area contributed by atoms with Crippen LogP contribution in [0.2, 0.25) is 0 Å². The van der Waals surface area contributed by atoms with Crippen LogP contribution in [0, 0.1) is 5.41 Å². The molecule has 0 aliphatic heterocycles. The predicted octanol–water partition coefficient (Wildman–Crippen LogP) is 4.76. The van der Waals surface area contributed by atoms with Gasteiger partial charge >= 0.3 is 0 Å². The second-order valence-electron chi connectivity index (χ2n) is 6.13. The molecule has 1 atom stereocenters. The molecule has 0 aromatic heterocycles. The van der Waals surface area contributed by atoms with E-state index in [9.17, 15) is 4.79 Å². The Hall–Kier alpha value is -0.370. The van der Waals surface area contributed by atoms with Crippen molar-refractivity contribution in [2.45, 2.75) is 85.7 Å². The topological polar surface area (TPSA) is 26.3 Å². The zero-order valence-electron chi connectivity index (χ0n) is 13.3. The molecule has 108 valence electrons. The average molecular weight is 256 g/mol. The van der Waals surface area contributed by atoms with Crippen molar-refractivity contribution in [1.29, 1.82) is 0 Å². The van der Waals surface area contributed by atoms with E-state index in [0.29, 0.717) is 18.8 Å². The van der Waals surface area contributed by atoms with Crippen molar-refractivity contribution in [3.05, 3.63) is 0 Å². The monoisotopic (exact) mass is 256 g/mol. The summed E-state index contributed by atoms with van der Waals surface area (Å²) in [6.07, 6.45) is 5.73. The second-order valence-corrected chi connectivity index (χ2v) is 6.13. The van der Waals surface area contributed by atoms with Gasteiger partial charge in [-0.05, 0) is 40.0 Å². The number of carbonyl (C=O) groups is 1. The minimum absolute atomic E-state index is 0.127. The summed E-state index contributed by atoms with van der Waals surface area (Å²) in [4.78, 5) is 12.4. The van der Waals surface area contributed by atoms with Gasteiger partial charge in [0.25, 0.3) is 0 Å². The van der Waals surface area contributed by atoms with Crippen LogP contribution in [-0.4, -0.2) is 18.0 Å². The van der Waals surface area contributed by atoms with Crippen LogP contribution in [0.15, 0.2) is 0 Å². The summed E-state index contributed by atoms with van der Waals surface area (Å²) in [7, 11) is 0. The standard InChI is InChI=1S/C16H32O2/c1-7-10-12-16(6,8-2)14(17)11-13-15(4,5)18-9-3/h7-13H2,1-6H3. The van der Waals surface area contributed by atoms with Crippen LogP contribution in [0.5, 0.6) is 0 Å². The highest BCUT2D eigenvalue weighted by molar-refractivity contribution is 5.84. The molecule has 0 saturated heterocycles. The van der Waals surface area contributed by atoms with Crippen molar-refractivity contribution >= 4 is 5.78 Å². The largest absolute Gasteiger partial charge is 0.376 e. The summed E-state index contributed by atoms with van der Waals surface area (Å²) in [5.74, 6) is 0.409. The quantitative estimate of drug-likeness (QED) is 0.563. The highest BCUT2D eigenvalue weighted by Crippen LogP contribution is 2.32. The Morgan fingerprint density at radius 1 is 1.06 bits per heavy atom. The van der Waals surface area contributed by atoms with Gasteiger partial charge in [-0.25, -0.2) is 0 Å². The van der Waals surface area contributed by atoms with Gasteiger partial charge in [0.05, 0.1) is 5.60 Å². The van der Waals surface area contributed by atoms with Gasteiger partial charge in [0.15, 0.2) is 0 Å². The van der Waals surface area contributed by atoms with Crippen LogP contribution < -0.4 is 0 Å².